The molecule has 1 atom stereocenters. The van der Waals surface area contributed by atoms with E-state index in [0.29, 0.717) is 18.9 Å². The number of hydrogen-bond acceptors (Lipinski definition) is 5. The van der Waals surface area contributed by atoms with Crippen LogP contribution in [0.4, 0.5) is 0 Å². The number of benzene rings is 1. The van der Waals surface area contributed by atoms with E-state index in [0.717, 1.165) is 42.3 Å². The number of carbonyl (C=O) groups is 1. The molecule has 1 amide bonds. The minimum atomic E-state index is -0.161. The van der Waals surface area contributed by atoms with E-state index in [4.69, 9.17) is 9.52 Å². The van der Waals surface area contributed by atoms with Gasteiger partial charge in [-0.2, -0.15) is 5.10 Å². The molecule has 0 radical (unpaired) electrons. The lowest BCUT2D eigenvalue weighted by Crippen LogP contribution is -2.41. The van der Waals surface area contributed by atoms with Crippen molar-refractivity contribution in [1.29, 1.82) is 0 Å². The minimum absolute atomic E-state index is 0.0427. The highest BCUT2D eigenvalue weighted by molar-refractivity contribution is 7.12. The maximum atomic E-state index is 13.2. The van der Waals surface area contributed by atoms with E-state index >= 15 is 0 Å². The molecular formula is C24H25N3O2S. The van der Waals surface area contributed by atoms with Gasteiger partial charge in [0.25, 0.3) is 5.91 Å². The van der Waals surface area contributed by atoms with Crippen LogP contribution in [0.3, 0.4) is 0 Å². The number of rotatable bonds is 5. The Hall–Kier alpha value is -2.70. The number of carbonyl (C=O) groups excluding carboxylic acids is 1. The molecule has 154 valence electrons. The van der Waals surface area contributed by atoms with Crippen LogP contribution in [0.2, 0.25) is 0 Å². The molecule has 5 rings (SSSR count). The lowest BCUT2D eigenvalue weighted by atomic mass is 9.89. The highest BCUT2D eigenvalue weighted by atomic mass is 32.1. The van der Waals surface area contributed by atoms with Gasteiger partial charge in [-0.1, -0.05) is 36.4 Å². The Kier molecular flexibility index (Phi) is 5.51. The van der Waals surface area contributed by atoms with Crippen molar-refractivity contribution in [3.8, 4) is 0 Å². The summed E-state index contributed by atoms with van der Waals surface area (Å²) in [6, 6.07) is 18.4. The number of thiophene rings is 1. The van der Waals surface area contributed by atoms with Crippen molar-refractivity contribution < 1.29 is 9.21 Å². The summed E-state index contributed by atoms with van der Waals surface area (Å²) in [6.07, 6.45) is 4.52. The number of nitrogens with zero attached hydrogens (tertiary/aromatic N) is 3. The van der Waals surface area contributed by atoms with Gasteiger partial charge in [0.2, 0.25) is 0 Å². The predicted octanol–water partition coefficient (Wildman–Crippen LogP) is 4.90. The fraction of sp³-hybridized carbons (Fsp3) is 0.333. The van der Waals surface area contributed by atoms with Gasteiger partial charge in [0.1, 0.15) is 11.8 Å². The summed E-state index contributed by atoms with van der Waals surface area (Å²) in [5, 5.41) is 8.41. The van der Waals surface area contributed by atoms with Crippen molar-refractivity contribution >= 4 is 23.0 Å². The topological polar surface area (TPSA) is 49.1 Å². The van der Waals surface area contributed by atoms with Crippen LogP contribution >= 0.6 is 11.3 Å². The van der Waals surface area contributed by atoms with Gasteiger partial charge >= 0.3 is 0 Å². The number of hydrazone groups is 1. The molecule has 0 saturated carbocycles. The first-order chi connectivity index (χ1) is 14.8. The third-order valence-corrected chi connectivity index (χ3v) is 6.98. The number of amides is 1. The molecule has 6 heteroatoms. The van der Waals surface area contributed by atoms with E-state index in [1.165, 1.54) is 5.56 Å². The molecule has 2 aliphatic rings. The molecule has 2 aromatic heterocycles. The Morgan fingerprint density at radius 2 is 1.90 bits per heavy atom. The number of likely N-dealkylation sites (tertiary alicyclic amines) is 1. The number of hydrogen-bond donors (Lipinski definition) is 0. The van der Waals surface area contributed by atoms with E-state index < -0.39 is 0 Å². The second-order valence-corrected chi connectivity index (χ2v) is 8.91. The Labute approximate surface area is 180 Å². The molecule has 1 aromatic carbocycles. The Bertz CT molecular complexity index is 991. The van der Waals surface area contributed by atoms with Crippen LogP contribution in [0.5, 0.6) is 0 Å². The maximum absolute atomic E-state index is 13.2. The Morgan fingerprint density at radius 1 is 1.07 bits per heavy atom. The predicted molar refractivity (Wildman–Crippen MR) is 119 cm³/mol. The maximum Gasteiger partial charge on any atom is 0.257 e. The molecule has 0 N–H and O–H groups in total. The van der Waals surface area contributed by atoms with Crippen molar-refractivity contribution in [3.05, 3.63) is 82.4 Å². The van der Waals surface area contributed by atoms with Crippen LogP contribution in [-0.4, -0.2) is 41.2 Å². The molecule has 0 spiro atoms. The van der Waals surface area contributed by atoms with Gasteiger partial charge in [-0.3, -0.25) is 9.69 Å². The van der Waals surface area contributed by atoms with E-state index in [9.17, 15) is 4.79 Å². The zero-order chi connectivity index (χ0) is 20.3. The van der Waals surface area contributed by atoms with Gasteiger partial charge < -0.3 is 4.42 Å². The van der Waals surface area contributed by atoms with Crippen LogP contribution in [0.1, 0.15) is 47.4 Å². The van der Waals surface area contributed by atoms with Crippen LogP contribution in [0, 0.1) is 0 Å². The second-order valence-electron chi connectivity index (χ2n) is 7.96. The zero-order valence-electron chi connectivity index (χ0n) is 16.8. The summed E-state index contributed by atoms with van der Waals surface area (Å²) in [7, 11) is 0. The minimum Gasteiger partial charge on any atom is -0.467 e. The van der Waals surface area contributed by atoms with Gasteiger partial charge in [0, 0.05) is 6.42 Å². The lowest BCUT2D eigenvalue weighted by molar-refractivity contribution is -0.134. The van der Waals surface area contributed by atoms with Crippen molar-refractivity contribution in [1.82, 2.24) is 9.91 Å². The largest absolute Gasteiger partial charge is 0.467 e. The molecule has 0 bridgehead atoms. The molecule has 1 unspecified atom stereocenters. The normalized spacial score (nSPS) is 20.5. The third-order valence-electron chi connectivity index (χ3n) is 6.06. The molecule has 5 nitrogen and oxygen atoms in total. The number of piperidine rings is 1. The van der Waals surface area contributed by atoms with Crippen LogP contribution in [-0.2, 0) is 4.79 Å². The molecule has 1 fully saturated rings. The smallest absolute Gasteiger partial charge is 0.257 e. The van der Waals surface area contributed by atoms with Crippen molar-refractivity contribution in [3.63, 3.8) is 0 Å². The molecule has 4 heterocycles. The summed E-state index contributed by atoms with van der Waals surface area (Å²) in [5.74, 6) is 1.42. The van der Waals surface area contributed by atoms with E-state index in [-0.39, 0.29) is 11.9 Å². The number of furan rings is 1. The van der Waals surface area contributed by atoms with Crippen molar-refractivity contribution in [2.24, 2.45) is 5.10 Å². The fourth-order valence-corrected chi connectivity index (χ4v) is 5.17. The first-order valence-corrected chi connectivity index (χ1v) is 11.4. The summed E-state index contributed by atoms with van der Waals surface area (Å²) < 4.78 is 5.64. The van der Waals surface area contributed by atoms with Gasteiger partial charge in [0.05, 0.1) is 23.4 Å². The monoisotopic (exact) mass is 419 g/mol. The van der Waals surface area contributed by atoms with Crippen LogP contribution < -0.4 is 0 Å². The first-order valence-electron chi connectivity index (χ1n) is 10.5. The Balaban J connectivity index is 1.26. The molecule has 0 aliphatic carbocycles. The summed E-state index contributed by atoms with van der Waals surface area (Å²) in [4.78, 5) is 16.6. The molecule has 3 aromatic rings. The van der Waals surface area contributed by atoms with Gasteiger partial charge in [-0.15, -0.1) is 11.3 Å². The van der Waals surface area contributed by atoms with E-state index in [2.05, 4.69) is 41.3 Å². The van der Waals surface area contributed by atoms with E-state index in [1.807, 2.05) is 23.6 Å². The van der Waals surface area contributed by atoms with Gasteiger partial charge in [-0.05, 0) is 61.0 Å². The van der Waals surface area contributed by atoms with Crippen LogP contribution in [0.25, 0.3) is 0 Å². The SMILES string of the molecule is O=C(CN1CCC(c2ccccc2)CC1)N1N=C(c2cccs2)CC1c1ccco1. The standard InChI is InChI=1S/C24H25N3O2S/c28-24(17-26-12-10-19(11-13-26)18-6-2-1-3-7-18)27-21(22-8-4-14-29-22)16-20(25-27)23-9-5-15-30-23/h1-9,14-15,19,21H,10-13,16-17H2. The highest BCUT2D eigenvalue weighted by Gasteiger charge is 2.36. The fourth-order valence-electron chi connectivity index (χ4n) is 4.45. The lowest BCUT2D eigenvalue weighted by Gasteiger charge is -2.32. The average Bonchev–Trinajstić information content (AvgIpc) is 3.56. The van der Waals surface area contributed by atoms with Gasteiger partial charge in [0.15, 0.2) is 0 Å². The molecule has 2 aliphatic heterocycles. The average molecular weight is 420 g/mol. The zero-order valence-corrected chi connectivity index (χ0v) is 17.6. The highest BCUT2D eigenvalue weighted by Crippen LogP contribution is 2.34. The molecule has 1 saturated heterocycles. The summed E-state index contributed by atoms with van der Waals surface area (Å²) in [5.41, 5.74) is 2.37. The summed E-state index contributed by atoms with van der Waals surface area (Å²) >= 11 is 1.66. The van der Waals surface area contributed by atoms with Crippen molar-refractivity contribution in [2.75, 3.05) is 19.6 Å². The Morgan fingerprint density at radius 3 is 2.60 bits per heavy atom. The van der Waals surface area contributed by atoms with Crippen molar-refractivity contribution in [2.45, 2.75) is 31.2 Å². The van der Waals surface area contributed by atoms with Gasteiger partial charge in [-0.25, -0.2) is 5.01 Å². The second kappa shape index (κ2) is 8.58. The quantitative estimate of drug-likeness (QED) is 0.591. The first kappa shape index (κ1) is 19.3. The molecule has 30 heavy (non-hydrogen) atoms. The molecular weight excluding hydrogens is 394 g/mol. The van der Waals surface area contributed by atoms with Crippen LogP contribution in [0.15, 0.2) is 75.8 Å². The summed E-state index contributed by atoms with van der Waals surface area (Å²) in [6.45, 7) is 2.28. The van der Waals surface area contributed by atoms with E-state index in [1.54, 1.807) is 22.6 Å². The third kappa shape index (κ3) is 3.98.